The number of hydrogen-bond acceptors (Lipinski definition) is 5. The summed E-state index contributed by atoms with van der Waals surface area (Å²) in [7, 11) is 1.22. The molecule has 0 saturated heterocycles. The Balaban J connectivity index is 2.25. The molecule has 0 amide bonds. The Hall–Kier alpha value is -0.244. The van der Waals surface area contributed by atoms with Crippen molar-refractivity contribution in [3.63, 3.8) is 0 Å². The summed E-state index contributed by atoms with van der Waals surface area (Å²) in [5, 5.41) is 11.2. The van der Waals surface area contributed by atoms with Gasteiger partial charge in [0.2, 0.25) is 0 Å². The van der Waals surface area contributed by atoms with Crippen LogP contribution in [0.5, 0.6) is 0 Å². The molecule has 1 aliphatic rings. The van der Waals surface area contributed by atoms with Crippen LogP contribution in [0, 0.1) is 0 Å². The van der Waals surface area contributed by atoms with Crippen LogP contribution in [0.15, 0.2) is 30.3 Å². The third-order valence-corrected chi connectivity index (χ3v) is 13.1. The molecule has 1 aliphatic carbocycles. The zero-order chi connectivity index (χ0) is 20.9. The summed E-state index contributed by atoms with van der Waals surface area (Å²) in [5.74, 6) is 0. The summed E-state index contributed by atoms with van der Waals surface area (Å²) in [6.45, 7) is 11.3. The second-order valence-corrected chi connectivity index (χ2v) is 16.4. The van der Waals surface area contributed by atoms with Crippen LogP contribution >= 0.6 is 0 Å². The monoisotopic (exact) mass is 476 g/mol. The van der Waals surface area contributed by atoms with E-state index in [1.807, 2.05) is 18.2 Å². The summed E-state index contributed by atoms with van der Waals surface area (Å²) in [6.07, 6.45) is -0.738. The van der Waals surface area contributed by atoms with Crippen molar-refractivity contribution < 1.29 is 23.7 Å². The van der Waals surface area contributed by atoms with Gasteiger partial charge in [-0.1, -0.05) is 0 Å². The van der Waals surface area contributed by atoms with Crippen molar-refractivity contribution in [1.29, 1.82) is 0 Å². The van der Waals surface area contributed by atoms with Crippen molar-refractivity contribution in [1.82, 2.24) is 0 Å². The first-order chi connectivity index (χ1) is 13.1. The molecule has 0 aromatic heterocycles. The van der Waals surface area contributed by atoms with E-state index in [0.29, 0.717) is 0 Å². The Labute approximate surface area is 177 Å². The fourth-order valence-corrected chi connectivity index (χ4v) is 7.09. The Morgan fingerprint density at radius 1 is 1.11 bits per heavy atom. The molecule has 160 valence electrons. The molecule has 1 N–H and O–H groups in total. The van der Waals surface area contributed by atoms with Gasteiger partial charge < -0.3 is 0 Å². The average Bonchev–Trinajstić information content (AvgIpc) is 2.63. The van der Waals surface area contributed by atoms with Crippen molar-refractivity contribution in [2.75, 3.05) is 21.0 Å². The number of benzene rings is 1. The van der Waals surface area contributed by atoms with Crippen LogP contribution in [0.4, 0.5) is 0 Å². The number of ether oxygens (including phenoxy) is 3. The second kappa shape index (κ2) is 10.2. The predicted molar refractivity (Wildman–Crippen MR) is 116 cm³/mol. The zero-order valence-corrected chi connectivity index (χ0v) is 20.9. The van der Waals surface area contributed by atoms with Gasteiger partial charge in [-0.05, 0) is 0 Å². The number of hydrogen-bond donors (Lipinski definition) is 1. The van der Waals surface area contributed by atoms with Crippen molar-refractivity contribution in [2.45, 2.75) is 74.6 Å². The molecule has 0 spiro atoms. The van der Waals surface area contributed by atoms with Crippen molar-refractivity contribution in [3.05, 3.63) is 30.3 Å². The molecule has 5 atom stereocenters. The Bertz CT molecular complexity index is 592. The van der Waals surface area contributed by atoms with E-state index in [1.54, 1.807) is 14.2 Å². The van der Waals surface area contributed by atoms with E-state index in [1.165, 1.54) is 4.46 Å². The molecule has 7 heteroatoms. The van der Waals surface area contributed by atoms with Gasteiger partial charge >= 0.3 is 177 Å². The maximum atomic E-state index is 11.1. The quantitative estimate of drug-likeness (QED) is 0.463. The van der Waals surface area contributed by atoms with Gasteiger partial charge in [0.05, 0.1) is 0 Å². The first-order valence-electron chi connectivity index (χ1n) is 9.81. The van der Waals surface area contributed by atoms with Gasteiger partial charge in [-0.15, -0.1) is 0 Å². The normalized spacial score (nSPS) is 29.1. The topological polar surface area (TPSA) is 57.2 Å². The molecule has 1 saturated carbocycles. The third-order valence-electron chi connectivity index (χ3n) is 5.81. The number of aliphatic hydroxyl groups excluding tert-OH is 1. The Kier molecular flexibility index (Phi) is 8.74. The molecule has 1 aromatic carbocycles. The van der Waals surface area contributed by atoms with Crippen LogP contribution in [-0.2, 0) is 18.6 Å². The van der Waals surface area contributed by atoms with Gasteiger partial charge in [0, 0.05) is 0 Å². The second-order valence-electron chi connectivity index (χ2n) is 8.85. The standard InChI is InChI=1S/C21H36O5SeSi/c1-21(2,3)28(6,7)26-19-16(25-14-23-4)13-17(18(22)20(19)24-5)27-15-11-9-8-10-12-15/h8-12,16-20,22H,13-14H2,1-7H3/t16-,17?,18-,19+,20+/m0/s1. The average molecular weight is 476 g/mol. The van der Waals surface area contributed by atoms with Gasteiger partial charge in [0.25, 0.3) is 0 Å². The first kappa shape index (κ1) is 24.0. The predicted octanol–water partition coefficient (Wildman–Crippen LogP) is 2.96. The zero-order valence-electron chi connectivity index (χ0n) is 18.2. The van der Waals surface area contributed by atoms with Gasteiger partial charge in [0.15, 0.2) is 0 Å². The minimum absolute atomic E-state index is 0.0624. The fourth-order valence-electron chi connectivity index (χ4n) is 3.16. The van der Waals surface area contributed by atoms with E-state index in [2.05, 4.69) is 46.0 Å². The summed E-state index contributed by atoms with van der Waals surface area (Å²) in [4.78, 5) is 0.0981. The van der Waals surface area contributed by atoms with Gasteiger partial charge in [-0.2, -0.15) is 0 Å². The SMILES string of the molecule is COCO[C@H]1CC([Se]c2ccccc2)[C@H](O)[C@@H](OC)[C@@H]1O[Si](C)(C)C(C)(C)C. The Morgan fingerprint density at radius 3 is 2.29 bits per heavy atom. The summed E-state index contributed by atoms with van der Waals surface area (Å²) >= 11 is 0.119. The third kappa shape index (κ3) is 5.89. The molecule has 0 radical (unpaired) electrons. The summed E-state index contributed by atoms with van der Waals surface area (Å²) < 4.78 is 25.0. The van der Waals surface area contributed by atoms with E-state index in [-0.39, 0.29) is 43.8 Å². The van der Waals surface area contributed by atoms with Crippen LogP contribution in [-0.4, -0.2) is 73.8 Å². The number of methoxy groups -OCH3 is 2. The molecule has 28 heavy (non-hydrogen) atoms. The van der Waals surface area contributed by atoms with E-state index in [0.717, 1.165) is 6.42 Å². The summed E-state index contributed by atoms with van der Waals surface area (Å²) in [6, 6.07) is 10.3. The van der Waals surface area contributed by atoms with E-state index in [4.69, 9.17) is 18.6 Å². The van der Waals surface area contributed by atoms with Crippen LogP contribution in [0.3, 0.4) is 0 Å². The molecule has 0 aliphatic heterocycles. The molecule has 2 rings (SSSR count). The van der Waals surface area contributed by atoms with Crippen molar-refractivity contribution in [3.8, 4) is 0 Å². The summed E-state index contributed by atoms with van der Waals surface area (Å²) in [5.41, 5.74) is 0. The molecule has 1 unspecified atom stereocenters. The maximum absolute atomic E-state index is 11.1. The van der Waals surface area contributed by atoms with Gasteiger partial charge in [0.1, 0.15) is 0 Å². The molecule has 0 heterocycles. The van der Waals surface area contributed by atoms with Crippen molar-refractivity contribution >= 4 is 27.7 Å². The molecular formula is C21H36O5SeSi. The molecule has 0 bridgehead atoms. The van der Waals surface area contributed by atoms with Gasteiger partial charge in [-0.25, -0.2) is 0 Å². The van der Waals surface area contributed by atoms with Crippen LogP contribution in [0.25, 0.3) is 0 Å². The molecule has 1 aromatic rings. The fraction of sp³-hybridized carbons (Fsp3) is 0.714. The van der Waals surface area contributed by atoms with E-state index >= 15 is 0 Å². The molecule has 1 fully saturated rings. The first-order valence-corrected chi connectivity index (χ1v) is 14.6. The van der Waals surface area contributed by atoms with Crippen LogP contribution in [0.1, 0.15) is 27.2 Å². The Morgan fingerprint density at radius 2 is 1.75 bits per heavy atom. The molecule has 5 nitrogen and oxygen atoms in total. The number of rotatable bonds is 8. The van der Waals surface area contributed by atoms with E-state index in [9.17, 15) is 5.11 Å². The van der Waals surface area contributed by atoms with Crippen molar-refractivity contribution in [2.24, 2.45) is 0 Å². The number of aliphatic hydroxyl groups is 1. The van der Waals surface area contributed by atoms with Crippen LogP contribution < -0.4 is 4.46 Å². The van der Waals surface area contributed by atoms with Gasteiger partial charge in [-0.3, -0.25) is 0 Å². The minimum atomic E-state index is -2.06. The molecular weight excluding hydrogens is 439 g/mol. The van der Waals surface area contributed by atoms with Crippen LogP contribution in [0.2, 0.25) is 22.9 Å². The van der Waals surface area contributed by atoms with E-state index < -0.39 is 20.5 Å².